The number of aliphatic carboxylic acids is 1. The van der Waals surface area contributed by atoms with Crippen molar-refractivity contribution in [3.63, 3.8) is 0 Å². The van der Waals surface area contributed by atoms with Crippen molar-refractivity contribution in [1.82, 2.24) is 0 Å². The lowest BCUT2D eigenvalue weighted by Gasteiger charge is -2.07. The van der Waals surface area contributed by atoms with E-state index < -0.39 is 21.1 Å². The summed E-state index contributed by atoms with van der Waals surface area (Å²) in [6, 6.07) is 0. The number of carboxylic acids is 1. The van der Waals surface area contributed by atoms with Crippen LogP contribution in [0.15, 0.2) is 0 Å². The minimum absolute atomic E-state index is 0.0520. The molecule has 5 nitrogen and oxygen atoms in total. The van der Waals surface area contributed by atoms with Crippen molar-refractivity contribution in [2.24, 2.45) is 0 Å². The van der Waals surface area contributed by atoms with Crippen LogP contribution in [0.1, 0.15) is 13.8 Å². The molecule has 0 aromatic carbocycles. The summed E-state index contributed by atoms with van der Waals surface area (Å²) < 4.78 is 27.2. The number of hydrogen-bond donors (Lipinski definition) is 1. The summed E-state index contributed by atoms with van der Waals surface area (Å²) in [5, 5.41) is 7.10. The molecule has 0 aromatic rings. The van der Waals surface area contributed by atoms with Crippen molar-refractivity contribution in [1.29, 1.82) is 0 Å². The van der Waals surface area contributed by atoms with E-state index in [0.29, 0.717) is 6.61 Å². The summed E-state index contributed by atoms with van der Waals surface area (Å²) in [5.74, 6) is -1.56. The Kier molecular flexibility index (Phi) is 4.94. The number of ether oxygens (including phenoxy) is 1. The Bertz CT molecular complexity index is 256. The van der Waals surface area contributed by atoms with Crippen LogP contribution in [0, 0.1) is 0 Å². The molecule has 0 radical (unpaired) electrons. The molecule has 0 spiro atoms. The Hall–Kier alpha value is -0.620. The Balaban J connectivity index is 4.16. The molecule has 0 amide bonds. The molecule has 13 heavy (non-hydrogen) atoms. The number of hydrogen-bond acceptors (Lipinski definition) is 4. The molecule has 0 rings (SSSR count). The molecule has 0 fully saturated rings. The molecule has 1 atom stereocenters. The number of rotatable bonds is 6. The smallest absolute Gasteiger partial charge is 0.321 e. The molecular formula is C7H14O5S. The van der Waals surface area contributed by atoms with Gasteiger partial charge in [-0.1, -0.05) is 0 Å². The van der Waals surface area contributed by atoms with Crippen LogP contribution in [0.25, 0.3) is 0 Å². The quantitative estimate of drug-likeness (QED) is 0.620. The lowest BCUT2D eigenvalue weighted by Crippen LogP contribution is -2.30. The Morgan fingerprint density at radius 2 is 2.08 bits per heavy atom. The van der Waals surface area contributed by atoms with Gasteiger partial charge in [0.2, 0.25) is 0 Å². The second kappa shape index (κ2) is 5.18. The largest absolute Gasteiger partial charge is 0.480 e. The Morgan fingerprint density at radius 3 is 2.46 bits per heavy atom. The predicted molar refractivity (Wildman–Crippen MR) is 47.4 cm³/mol. The van der Waals surface area contributed by atoms with Crippen molar-refractivity contribution in [3.05, 3.63) is 0 Å². The zero-order valence-electron chi connectivity index (χ0n) is 7.69. The number of carbonyl (C=O) groups is 1. The van der Waals surface area contributed by atoms with Gasteiger partial charge in [0.05, 0.1) is 12.4 Å². The zero-order valence-corrected chi connectivity index (χ0v) is 8.50. The van der Waals surface area contributed by atoms with Crippen LogP contribution in [0.4, 0.5) is 0 Å². The van der Waals surface area contributed by atoms with Crippen LogP contribution in [0.2, 0.25) is 0 Å². The fraction of sp³-hybridized carbons (Fsp3) is 0.857. The van der Waals surface area contributed by atoms with Crippen molar-refractivity contribution >= 4 is 15.8 Å². The van der Waals surface area contributed by atoms with Crippen molar-refractivity contribution in [3.8, 4) is 0 Å². The molecule has 0 aliphatic heterocycles. The first-order valence-corrected chi connectivity index (χ1v) is 5.65. The van der Waals surface area contributed by atoms with Crippen molar-refractivity contribution < 1.29 is 23.1 Å². The SMILES string of the molecule is CCOCCS(=O)(=O)C(C)C(=O)O. The fourth-order valence-electron chi connectivity index (χ4n) is 0.650. The summed E-state index contributed by atoms with van der Waals surface area (Å²) in [6.07, 6.45) is 0. The third-order valence-electron chi connectivity index (χ3n) is 1.60. The first-order valence-electron chi connectivity index (χ1n) is 3.94. The van der Waals surface area contributed by atoms with E-state index in [-0.39, 0.29) is 12.4 Å². The van der Waals surface area contributed by atoms with E-state index in [0.717, 1.165) is 6.92 Å². The van der Waals surface area contributed by atoms with Gasteiger partial charge in [-0.3, -0.25) is 4.79 Å². The van der Waals surface area contributed by atoms with E-state index in [9.17, 15) is 13.2 Å². The average Bonchev–Trinajstić information content (AvgIpc) is 2.03. The molecule has 0 saturated heterocycles. The molecule has 0 aromatic heterocycles. The van der Waals surface area contributed by atoms with Crippen LogP contribution in [0.3, 0.4) is 0 Å². The van der Waals surface area contributed by atoms with Crippen molar-refractivity contribution in [2.45, 2.75) is 19.1 Å². The monoisotopic (exact) mass is 210 g/mol. The minimum Gasteiger partial charge on any atom is -0.480 e. The van der Waals surface area contributed by atoms with Gasteiger partial charge < -0.3 is 9.84 Å². The van der Waals surface area contributed by atoms with Gasteiger partial charge in [-0.05, 0) is 13.8 Å². The van der Waals surface area contributed by atoms with E-state index in [1.165, 1.54) is 0 Å². The van der Waals surface area contributed by atoms with Crippen molar-refractivity contribution in [2.75, 3.05) is 19.0 Å². The highest BCUT2D eigenvalue weighted by atomic mass is 32.2. The maximum absolute atomic E-state index is 11.2. The molecule has 0 saturated carbocycles. The topological polar surface area (TPSA) is 80.7 Å². The van der Waals surface area contributed by atoms with E-state index in [1.807, 2.05) is 0 Å². The molecule has 78 valence electrons. The third kappa shape index (κ3) is 4.23. The summed E-state index contributed by atoms with van der Waals surface area (Å²) in [7, 11) is -3.56. The molecule has 0 aliphatic carbocycles. The van der Waals surface area contributed by atoms with Gasteiger partial charge in [0, 0.05) is 6.61 Å². The maximum atomic E-state index is 11.2. The molecule has 1 unspecified atom stereocenters. The molecular weight excluding hydrogens is 196 g/mol. The average molecular weight is 210 g/mol. The van der Waals surface area contributed by atoms with Gasteiger partial charge in [-0.15, -0.1) is 0 Å². The number of sulfone groups is 1. The lowest BCUT2D eigenvalue weighted by molar-refractivity contribution is -0.136. The van der Waals surface area contributed by atoms with Gasteiger partial charge in [0.15, 0.2) is 15.1 Å². The second-order valence-electron chi connectivity index (χ2n) is 2.54. The summed E-state index contributed by atoms with van der Waals surface area (Å²) >= 11 is 0. The fourth-order valence-corrected chi connectivity index (χ4v) is 1.66. The first-order chi connectivity index (χ1) is 5.91. The van der Waals surface area contributed by atoms with Gasteiger partial charge >= 0.3 is 5.97 Å². The lowest BCUT2D eigenvalue weighted by atomic mass is 10.5. The first kappa shape index (κ1) is 12.4. The molecule has 0 heterocycles. The summed E-state index contributed by atoms with van der Waals surface area (Å²) in [4.78, 5) is 10.4. The third-order valence-corrected chi connectivity index (χ3v) is 3.62. The summed E-state index contributed by atoms with van der Waals surface area (Å²) in [6.45, 7) is 3.38. The Morgan fingerprint density at radius 1 is 1.54 bits per heavy atom. The normalized spacial score (nSPS) is 14.0. The second-order valence-corrected chi connectivity index (χ2v) is 4.99. The molecule has 6 heteroatoms. The molecule has 0 aliphatic rings. The van der Waals surface area contributed by atoms with Crippen LogP contribution in [-0.2, 0) is 19.4 Å². The van der Waals surface area contributed by atoms with Gasteiger partial charge in [0.1, 0.15) is 0 Å². The predicted octanol–water partition coefficient (Wildman–Crippen LogP) is -0.0892. The number of carboxylic acid groups (broad SMARTS) is 1. The van der Waals surface area contributed by atoms with Gasteiger partial charge in [-0.25, -0.2) is 8.42 Å². The zero-order chi connectivity index (χ0) is 10.5. The highest BCUT2D eigenvalue weighted by molar-refractivity contribution is 7.92. The van der Waals surface area contributed by atoms with E-state index in [1.54, 1.807) is 6.92 Å². The van der Waals surface area contributed by atoms with Gasteiger partial charge in [0.25, 0.3) is 0 Å². The van der Waals surface area contributed by atoms with Crippen LogP contribution < -0.4 is 0 Å². The molecule has 0 bridgehead atoms. The van der Waals surface area contributed by atoms with E-state index in [4.69, 9.17) is 9.84 Å². The highest BCUT2D eigenvalue weighted by Gasteiger charge is 2.26. The summed E-state index contributed by atoms with van der Waals surface area (Å²) in [5.41, 5.74) is 0. The van der Waals surface area contributed by atoms with Gasteiger partial charge in [-0.2, -0.15) is 0 Å². The molecule has 1 N–H and O–H groups in total. The van der Waals surface area contributed by atoms with Crippen LogP contribution >= 0.6 is 0 Å². The van der Waals surface area contributed by atoms with E-state index >= 15 is 0 Å². The van der Waals surface area contributed by atoms with Crippen LogP contribution in [0.5, 0.6) is 0 Å². The standard InChI is InChI=1S/C7H14O5S/c1-3-12-4-5-13(10,11)6(2)7(8)9/h6H,3-5H2,1-2H3,(H,8,9). The maximum Gasteiger partial charge on any atom is 0.321 e. The van der Waals surface area contributed by atoms with Crippen LogP contribution in [-0.4, -0.2) is 43.7 Å². The Labute approximate surface area is 77.6 Å². The highest BCUT2D eigenvalue weighted by Crippen LogP contribution is 2.01. The van der Waals surface area contributed by atoms with E-state index in [2.05, 4.69) is 0 Å². The minimum atomic E-state index is -3.56.